The lowest BCUT2D eigenvalue weighted by Gasteiger charge is -2.23. The fourth-order valence-corrected chi connectivity index (χ4v) is 2.08. The molecule has 0 aliphatic heterocycles. The largest absolute Gasteiger partial charge is 0.380 e. The van der Waals surface area contributed by atoms with Crippen molar-refractivity contribution in [3.63, 3.8) is 0 Å². The van der Waals surface area contributed by atoms with Gasteiger partial charge in [-0.25, -0.2) is 4.99 Å². The lowest BCUT2D eigenvalue weighted by molar-refractivity contribution is 0.185. The number of aliphatic imine (C=N–C) groups is 1. The van der Waals surface area contributed by atoms with E-state index in [1.165, 1.54) is 11.1 Å². The zero-order valence-electron chi connectivity index (χ0n) is 14.4. The minimum atomic E-state index is 0.189. The molecule has 0 heterocycles. The number of nitrogens with zero attached hydrogens (tertiary/aromatic N) is 1. The summed E-state index contributed by atoms with van der Waals surface area (Å²) in [6.45, 7) is 9.56. The summed E-state index contributed by atoms with van der Waals surface area (Å²) in [5.41, 5.74) is 2.37. The second-order valence-corrected chi connectivity index (χ2v) is 7.28. The van der Waals surface area contributed by atoms with Gasteiger partial charge in [0.25, 0.3) is 0 Å². The van der Waals surface area contributed by atoms with Crippen LogP contribution in [-0.2, 0) is 17.9 Å². The third-order valence-electron chi connectivity index (χ3n) is 3.30. The molecule has 0 saturated heterocycles. The molecular formula is C17H29N3OS. The Morgan fingerprint density at radius 1 is 1.27 bits per heavy atom. The molecule has 0 aromatic heterocycles. The van der Waals surface area contributed by atoms with E-state index < -0.39 is 0 Å². The van der Waals surface area contributed by atoms with Gasteiger partial charge in [0.2, 0.25) is 0 Å². The molecule has 0 fully saturated rings. The first-order valence-electron chi connectivity index (χ1n) is 7.65. The van der Waals surface area contributed by atoms with Crippen molar-refractivity contribution in [2.75, 3.05) is 26.5 Å². The Balaban J connectivity index is 2.67. The van der Waals surface area contributed by atoms with Crippen molar-refractivity contribution in [2.24, 2.45) is 4.99 Å². The zero-order valence-corrected chi connectivity index (χ0v) is 15.2. The van der Waals surface area contributed by atoms with E-state index >= 15 is 0 Å². The molecule has 0 bridgehead atoms. The van der Waals surface area contributed by atoms with Gasteiger partial charge < -0.3 is 15.4 Å². The van der Waals surface area contributed by atoms with Gasteiger partial charge in [-0.2, -0.15) is 11.8 Å². The standard InChI is InChI=1S/C17H29N3OS/c1-6-18-16(20-13-17(2,3)22-5)19-11-14-8-7-9-15(10-14)12-21-4/h7-10H,6,11-13H2,1-5H3,(H2,18,19,20). The SMILES string of the molecule is CCNC(=NCc1cccc(COC)c1)NCC(C)(C)SC. The smallest absolute Gasteiger partial charge is 0.191 e. The summed E-state index contributed by atoms with van der Waals surface area (Å²) in [6, 6.07) is 8.36. The van der Waals surface area contributed by atoms with Gasteiger partial charge in [0.05, 0.1) is 13.2 Å². The van der Waals surface area contributed by atoms with Crippen LogP contribution in [0.3, 0.4) is 0 Å². The monoisotopic (exact) mass is 323 g/mol. The molecule has 0 saturated carbocycles. The number of methoxy groups -OCH3 is 1. The normalized spacial score (nSPS) is 12.3. The van der Waals surface area contributed by atoms with E-state index in [1.54, 1.807) is 7.11 Å². The maximum absolute atomic E-state index is 5.17. The van der Waals surface area contributed by atoms with Crippen LogP contribution in [0.5, 0.6) is 0 Å². The van der Waals surface area contributed by atoms with E-state index in [0.717, 1.165) is 19.0 Å². The fourth-order valence-electron chi connectivity index (χ4n) is 1.87. The van der Waals surface area contributed by atoms with E-state index in [0.29, 0.717) is 13.2 Å². The fraction of sp³-hybridized carbons (Fsp3) is 0.588. The molecular weight excluding hydrogens is 294 g/mol. The van der Waals surface area contributed by atoms with Gasteiger partial charge >= 0.3 is 0 Å². The van der Waals surface area contributed by atoms with Crippen LogP contribution in [0.1, 0.15) is 31.9 Å². The zero-order chi connectivity index (χ0) is 16.4. The van der Waals surface area contributed by atoms with Gasteiger partial charge in [-0.15, -0.1) is 0 Å². The molecule has 1 rings (SSSR count). The Kier molecular flexibility index (Phi) is 8.35. The average molecular weight is 324 g/mol. The first-order valence-corrected chi connectivity index (χ1v) is 8.87. The van der Waals surface area contributed by atoms with Gasteiger partial charge in [0.1, 0.15) is 0 Å². The molecule has 0 aliphatic carbocycles. The highest BCUT2D eigenvalue weighted by Gasteiger charge is 2.15. The summed E-state index contributed by atoms with van der Waals surface area (Å²) in [7, 11) is 1.71. The first-order chi connectivity index (χ1) is 10.5. The Bertz CT molecular complexity index is 475. The number of hydrogen-bond acceptors (Lipinski definition) is 3. The van der Waals surface area contributed by atoms with Crippen LogP contribution < -0.4 is 10.6 Å². The Hall–Kier alpha value is -1.20. The predicted molar refractivity (Wildman–Crippen MR) is 97.6 cm³/mol. The number of thioether (sulfide) groups is 1. The molecule has 0 unspecified atom stereocenters. The average Bonchev–Trinajstić information content (AvgIpc) is 2.51. The second-order valence-electron chi connectivity index (χ2n) is 5.77. The molecule has 1 aromatic rings. The number of benzene rings is 1. The molecule has 2 N–H and O–H groups in total. The number of nitrogens with one attached hydrogen (secondary N) is 2. The third-order valence-corrected chi connectivity index (χ3v) is 4.55. The van der Waals surface area contributed by atoms with Gasteiger partial charge in [-0.05, 0) is 38.2 Å². The van der Waals surface area contributed by atoms with Crippen molar-refractivity contribution in [3.8, 4) is 0 Å². The van der Waals surface area contributed by atoms with Crippen LogP contribution in [0.25, 0.3) is 0 Å². The molecule has 22 heavy (non-hydrogen) atoms. The van der Waals surface area contributed by atoms with Crippen LogP contribution in [0.2, 0.25) is 0 Å². The third kappa shape index (κ3) is 7.18. The summed E-state index contributed by atoms with van der Waals surface area (Å²) in [5, 5.41) is 6.71. The number of hydrogen-bond donors (Lipinski definition) is 2. The van der Waals surface area contributed by atoms with Crippen molar-refractivity contribution in [3.05, 3.63) is 35.4 Å². The number of rotatable bonds is 8. The Morgan fingerprint density at radius 3 is 2.64 bits per heavy atom. The lowest BCUT2D eigenvalue weighted by Crippen LogP contribution is -2.43. The summed E-state index contributed by atoms with van der Waals surface area (Å²) >= 11 is 1.85. The first kappa shape index (κ1) is 18.8. The molecule has 0 spiro atoms. The van der Waals surface area contributed by atoms with Gasteiger partial charge in [0.15, 0.2) is 5.96 Å². The molecule has 0 amide bonds. The van der Waals surface area contributed by atoms with Crippen molar-refractivity contribution in [1.82, 2.24) is 10.6 Å². The molecule has 0 atom stereocenters. The highest BCUT2D eigenvalue weighted by atomic mass is 32.2. The maximum atomic E-state index is 5.17. The summed E-state index contributed by atoms with van der Waals surface area (Å²) in [5.74, 6) is 0.863. The Labute approximate surface area is 139 Å². The van der Waals surface area contributed by atoms with Crippen LogP contribution in [0, 0.1) is 0 Å². The molecule has 5 heteroatoms. The maximum Gasteiger partial charge on any atom is 0.191 e. The summed E-state index contributed by atoms with van der Waals surface area (Å²) in [4.78, 5) is 4.67. The minimum Gasteiger partial charge on any atom is -0.380 e. The van der Waals surface area contributed by atoms with Crippen LogP contribution in [0.15, 0.2) is 29.3 Å². The molecule has 0 aliphatic rings. The van der Waals surface area contributed by atoms with Crippen LogP contribution in [0.4, 0.5) is 0 Å². The number of ether oxygens (including phenoxy) is 1. The van der Waals surface area contributed by atoms with E-state index in [9.17, 15) is 0 Å². The van der Waals surface area contributed by atoms with E-state index in [-0.39, 0.29) is 4.75 Å². The van der Waals surface area contributed by atoms with E-state index in [1.807, 2.05) is 11.8 Å². The summed E-state index contributed by atoms with van der Waals surface area (Å²) < 4.78 is 5.36. The van der Waals surface area contributed by atoms with Crippen LogP contribution >= 0.6 is 11.8 Å². The second kappa shape index (κ2) is 9.74. The van der Waals surface area contributed by atoms with Crippen molar-refractivity contribution in [1.29, 1.82) is 0 Å². The molecule has 0 radical (unpaired) electrons. The van der Waals surface area contributed by atoms with Gasteiger partial charge in [0, 0.05) is 24.9 Å². The quantitative estimate of drug-likeness (QED) is 0.570. The predicted octanol–water partition coefficient (Wildman–Crippen LogP) is 3.03. The van der Waals surface area contributed by atoms with Crippen molar-refractivity contribution < 1.29 is 4.74 Å². The van der Waals surface area contributed by atoms with Gasteiger partial charge in [-0.1, -0.05) is 24.3 Å². The molecule has 124 valence electrons. The Morgan fingerprint density at radius 2 is 2.00 bits per heavy atom. The lowest BCUT2D eigenvalue weighted by atomic mass is 10.1. The topological polar surface area (TPSA) is 45.7 Å². The van der Waals surface area contributed by atoms with E-state index in [2.05, 4.69) is 66.9 Å². The number of guanidine groups is 1. The van der Waals surface area contributed by atoms with Crippen molar-refractivity contribution >= 4 is 17.7 Å². The van der Waals surface area contributed by atoms with Gasteiger partial charge in [-0.3, -0.25) is 0 Å². The van der Waals surface area contributed by atoms with Crippen molar-refractivity contribution in [2.45, 2.75) is 38.7 Å². The molecule has 4 nitrogen and oxygen atoms in total. The highest BCUT2D eigenvalue weighted by Crippen LogP contribution is 2.19. The highest BCUT2D eigenvalue weighted by molar-refractivity contribution is 7.99. The van der Waals surface area contributed by atoms with Crippen LogP contribution in [-0.4, -0.2) is 37.2 Å². The minimum absolute atomic E-state index is 0.189. The van der Waals surface area contributed by atoms with E-state index in [4.69, 9.17) is 4.74 Å². The summed E-state index contributed by atoms with van der Waals surface area (Å²) in [6.07, 6.45) is 2.13. The molecule has 1 aromatic carbocycles.